The van der Waals surface area contributed by atoms with Crippen LogP contribution < -0.4 is 5.32 Å². The molecule has 0 aliphatic heterocycles. The van der Waals surface area contributed by atoms with Crippen LogP contribution in [-0.4, -0.2) is 46.9 Å². The Morgan fingerprint density at radius 1 is 0.492 bits per heavy atom. The Morgan fingerprint density at radius 3 is 1.42 bits per heavy atom. The molecular formula is C59H97NO5. The number of carbonyl (C=O) groups excluding carboxylic acids is 2. The third-order valence-electron chi connectivity index (χ3n) is 11.2. The Bertz CT molecular complexity index is 1380. The molecule has 0 aliphatic rings. The molecule has 6 heteroatoms. The van der Waals surface area contributed by atoms with Crippen molar-refractivity contribution in [2.45, 2.75) is 232 Å². The molecule has 368 valence electrons. The second-order valence-electron chi connectivity index (χ2n) is 17.3. The zero-order chi connectivity index (χ0) is 47.4. The first-order valence-electron chi connectivity index (χ1n) is 26.3. The number of aliphatic hydroxyl groups is 2. The first-order chi connectivity index (χ1) is 32.0. The average Bonchev–Trinajstić information content (AvgIpc) is 3.30. The van der Waals surface area contributed by atoms with Crippen LogP contribution in [-0.2, 0) is 14.3 Å². The molecule has 0 aromatic carbocycles. The fraction of sp³-hybridized carbons (Fsp3) is 0.627. The summed E-state index contributed by atoms with van der Waals surface area (Å²) in [7, 11) is 0. The van der Waals surface area contributed by atoms with Gasteiger partial charge in [-0.1, -0.05) is 251 Å². The SMILES string of the molecule is CC/C=C\C/C=C\C/C=C\C/C=C\C/C=C\CCCCCC(=O)OC(C/C=C/C=C\C=C/C=C/C=C/CC)CC(=O)NC(CO)C(O)CCCCCCCCCCCCCCCCCC. The quantitative estimate of drug-likeness (QED) is 0.0245. The predicted octanol–water partition coefficient (Wildman–Crippen LogP) is 16.1. The van der Waals surface area contributed by atoms with Crippen LogP contribution in [0.1, 0.15) is 213 Å². The van der Waals surface area contributed by atoms with E-state index in [0.717, 1.165) is 83.5 Å². The summed E-state index contributed by atoms with van der Waals surface area (Å²) in [4.78, 5) is 26.1. The van der Waals surface area contributed by atoms with Gasteiger partial charge in [0.1, 0.15) is 6.10 Å². The number of nitrogens with one attached hydrogen (secondary N) is 1. The van der Waals surface area contributed by atoms with Crippen molar-refractivity contribution in [3.8, 4) is 0 Å². The summed E-state index contributed by atoms with van der Waals surface area (Å²) in [5.74, 6) is -0.656. The summed E-state index contributed by atoms with van der Waals surface area (Å²) in [6, 6.07) is -0.755. The number of hydrogen-bond acceptors (Lipinski definition) is 5. The van der Waals surface area contributed by atoms with Gasteiger partial charge in [-0.25, -0.2) is 0 Å². The summed E-state index contributed by atoms with van der Waals surface area (Å²) >= 11 is 0. The number of carbonyl (C=O) groups is 2. The van der Waals surface area contributed by atoms with Crippen LogP contribution in [0.25, 0.3) is 0 Å². The molecule has 0 aromatic heterocycles. The first kappa shape index (κ1) is 61.3. The van der Waals surface area contributed by atoms with E-state index in [1.165, 1.54) is 83.5 Å². The predicted molar refractivity (Wildman–Crippen MR) is 282 cm³/mol. The molecule has 0 saturated carbocycles. The van der Waals surface area contributed by atoms with Crippen molar-refractivity contribution >= 4 is 11.9 Å². The van der Waals surface area contributed by atoms with Crippen LogP contribution in [0.15, 0.2) is 122 Å². The van der Waals surface area contributed by atoms with Crippen LogP contribution in [0.5, 0.6) is 0 Å². The lowest BCUT2D eigenvalue weighted by Gasteiger charge is -2.24. The molecule has 0 fully saturated rings. The van der Waals surface area contributed by atoms with Crippen molar-refractivity contribution in [3.05, 3.63) is 122 Å². The molecule has 6 nitrogen and oxygen atoms in total. The van der Waals surface area contributed by atoms with Gasteiger partial charge in [0, 0.05) is 12.8 Å². The number of amides is 1. The van der Waals surface area contributed by atoms with Crippen LogP contribution in [0.3, 0.4) is 0 Å². The van der Waals surface area contributed by atoms with Gasteiger partial charge in [0.05, 0.1) is 25.2 Å². The Balaban J connectivity index is 4.67. The topological polar surface area (TPSA) is 95.9 Å². The lowest BCUT2D eigenvalue weighted by atomic mass is 10.0. The molecule has 3 N–H and O–H groups in total. The third-order valence-corrected chi connectivity index (χ3v) is 11.2. The van der Waals surface area contributed by atoms with Gasteiger partial charge < -0.3 is 20.3 Å². The highest BCUT2D eigenvalue weighted by molar-refractivity contribution is 5.77. The molecule has 3 unspecified atom stereocenters. The van der Waals surface area contributed by atoms with Crippen molar-refractivity contribution in [2.75, 3.05) is 6.61 Å². The Morgan fingerprint density at radius 2 is 0.923 bits per heavy atom. The molecule has 0 heterocycles. The van der Waals surface area contributed by atoms with Crippen molar-refractivity contribution < 1.29 is 24.5 Å². The third kappa shape index (κ3) is 46.6. The summed E-state index contributed by atoms with van der Waals surface area (Å²) in [5, 5.41) is 23.7. The highest BCUT2D eigenvalue weighted by atomic mass is 16.5. The fourth-order valence-electron chi connectivity index (χ4n) is 7.24. The second kappa shape index (κ2) is 51.2. The largest absolute Gasteiger partial charge is 0.461 e. The summed E-state index contributed by atoms with van der Waals surface area (Å²) in [6.07, 6.45) is 71.4. The van der Waals surface area contributed by atoms with E-state index < -0.39 is 18.2 Å². The zero-order valence-electron chi connectivity index (χ0n) is 41.8. The molecule has 1 amide bonds. The van der Waals surface area contributed by atoms with E-state index >= 15 is 0 Å². The molecule has 0 bridgehead atoms. The number of unbranched alkanes of at least 4 members (excludes halogenated alkanes) is 18. The fourth-order valence-corrected chi connectivity index (χ4v) is 7.24. The lowest BCUT2D eigenvalue weighted by molar-refractivity contribution is -0.150. The normalized spacial score (nSPS) is 14.2. The van der Waals surface area contributed by atoms with Crippen LogP contribution in [0.4, 0.5) is 0 Å². The van der Waals surface area contributed by atoms with Gasteiger partial charge in [0.2, 0.25) is 5.91 Å². The van der Waals surface area contributed by atoms with E-state index in [-0.39, 0.29) is 24.9 Å². The van der Waals surface area contributed by atoms with Gasteiger partial charge in [-0.05, 0) is 64.2 Å². The number of esters is 1. The standard InChI is InChI=1S/C59H97NO5/c1-4-7-10-13-16-19-22-24-26-28-29-30-32-34-37-40-43-46-49-52-59(64)65-55(50-47-44-41-38-35-21-18-15-12-9-6-3)53-58(63)60-56(54-61)57(62)51-48-45-42-39-36-33-31-27-25-23-20-17-14-11-8-5-2/h7,9-10,12,15-16,18-19,21,24,26,29-30,34-35,37-38,41,44,47,55-57,61-62H,4-6,8,11,13-14,17,20,22-23,25,27-28,31-33,36,39-40,42-43,45-46,48-54H2,1-3H3,(H,60,63)/b10-7-,12-9+,18-15+,19-16-,26-24-,30-29-,35-21-,37-34-,41-38-,47-44+. The van der Waals surface area contributed by atoms with Gasteiger partial charge in [-0.3, -0.25) is 9.59 Å². The molecular weight excluding hydrogens is 803 g/mol. The highest BCUT2D eigenvalue weighted by Crippen LogP contribution is 2.16. The average molecular weight is 900 g/mol. The highest BCUT2D eigenvalue weighted by Gasteiger charge is 2.23. The number of rotatable bonds is 45. The maximum absolute atomic E-state index is 13.2. The molecule has 65 heavy (non-hydrogen) atoms. The molecule has 0 rings (SSSR count). The molecule has 0 saturated heterocycles. The van der Waals surface area contributed by atoms with Crippen LogP contribution >= 0.6 is 0 Å². The first-order valence-corrected chi connectivity index (χ1v) is 26.3. The lowest BCUT2D eigenvalue weighted by Crippen LogP contribution is -2.46. The summed E-state index contributed by atoms with van der Waals surface area (Å²) < 4.78 is 5.83. The molecule has 3 atom stereocenters. The van der Waals surface area contributed by atoms with E-state index in [1.54, 1.807) is 0 Å². The Kier molecular flexibility index (Phi) is 48.3. The Hall–Kier alpha value is -3.74. The van der Waals surface area contributed by atoms with Crippen molar-refractivity contribution in [1.29, 1.82) is 0 Å². The summed E-state index contributed by atoms with van der Waals surface area (Å²) in [6.45, 7) is 6.17. The van der Waals surface area contributed by atoms with Crippen molar-refractivity contribution in [3.63, 3.8) is 0 Å². The molecule has 0 aromatic rings. The maximum atomic E-state index is 13.2. The van der Waals surface area contributed by atoms with E-state index in [2.05, 4.69) is 92.9 Å². The molecule has 0 radical (unpaired) electrons. The van der Waals surface area contributed by atoms with E-state index in [9.17, 15) is 19.8 Å². The van der Waals surface area contributed by atoms with Gasteiger partial charge in [-0.15, -0.1) is 0 Å². The minimum atomic E-state index is -0.832. The maximum Gasteiger partial charge on any atom is 0.306 e. The van der Waals surface area contributed by atoms with Crippen molar-refractivity contribution in [1.82, 2.24) is 5.32 Å². The van der Waals surface area contributed by atoms with Gasteiger partial charge in [0.15, 0.2) is 0 Å². The second-order valence-corrected chi connectivity index (χ2v) is 17.3. The van der Waals surface area contributed by atoms with Gasteiger partial charge >= 0.3 is 5.97 Å². The number of allylic oxidation sites excluding steroid dienone is 19. The van der Waals surface area contributed by atoms with E-state index in [1.807, 2.05) is 54.7 Å². The minimum Gasteiger partial charge on any atom is -0.461 e. The number of ether oxygens (including phenoxy) is 1. The van der Waals surface area contributed by atoms with Gasteiger partial charge in [-0.2, -0.15) is 0 Å². The number of hydrogen-bond donors (Lipinski definition) is 3. The van der Waals surface area contributed by atoms with Crippen molar-refractivity contribution in [2.24, 2.45) is 0 Å². The molecule has 0 aliphatic carbocycles. The minimum absolute atomic E-state index is 0.0396. The van der Waals surface area contributed by atoms with E-state index in [0.29, 0.717) is 19.3 Å². The Labute approximate surface area is 400 Å². The zero-order valence-corrected chi connectivity index (χ0v) is 41.8. The van der Waals surface area contributed by atoms with Crippen LogP contribution in [0.2, 0.25) is 0 Å². The smallest absolute Gasteiger partial charge is 0.306 e. The van der Waals surface area contributed by atoms with E-state index in [4.69, 9.17) is 4.74 Å². The monoisotopic (exact) mass is 900 g/mol. The molecule has 0 spiro atoms. The summed E-state index contributed by atoms with van der Waals surface area (Å²) in [5.41, 5.74) is 0. The van der Waals surface area contributed by atoms with Gasteiger partial charge in [0.25, 0.3) is 0 Å². The number of aliphatic hydroxyl groups excluding tert-OH is 2. The van der Waals surface area contributed by atoms with Crippen LogP contribution in [0, 0.1) is 0 Å².